The standard InChI is InChI=1S/C42H47F3N8O5/c1-41(2)21-25(28-7-5-9-32-37(28)50(3)40(57)53(32)33-15-16-36(54)48-39(33)56)17-18-51(41)22-24-11-13-27(14-12-24)52-23-26-19-31(34(58-4)20-30(26)49-52)47-38(55)29-8-6-10-35(46-29)42(43,44)45/h5-10,19-20,23-25,27,33H,11-18,21-22H2,1-4H3,(H,47,55)(H,48,54,56)/t24-,25?,27-,33?. The summed E-state index contributed by atoms with van der Waals surface area (Å²) in [5, 5.41) is 10.7. The number of nitrogens with one attached hydrogen (secondary N) is 2. The van der Waals surface area contributed by atoms with Gasteiger partial charge in [0, 0.05) is 43.2 Å². The quantitative estimate of drug-likeness (QED) is 0.165. The van der Waals surface area contributed by atoms with Gasteiger partial charge in [-0.1, -0.05) is 18.2 Å². The van der Waals surface area contributed by atoms with Crippen LogP contribution in [0.15, 0.2) is 59.5 Å². The number of alkyl halides is 3. The molecule has 1 saturated carbocycles. The number of imide groups is 1. The Balaban J connectivity index is 0.910. The smallest absolute Gasteiger partial charge is 0.433 e. The number of carbonyl (C=O) groups is 3. The molecule has 3 aliphatic rings. The lowest BCUT2D eigenvalue weighted by atomic mass is 9.77. The Morgan fingerprint density at radius 1 is 1.02 bits per heavy atom. The molecule has 58 heavy (non-hydrogen) atoms. The fraction of sp³-hybridized carbons (Fsp3) is 0.476. The van der Waals surface area contributed by atoms with E-state index in [1.165, 1.54) is 13.2 Å². The Kier molecular flexibility index (Phi) is 10.2. The Bertz CT molecular complexity index is 2480. The van der Waals surface area contributed by atoms with Gasteiger partial charge in [-0.15, -0.1) is 0 Å². The van der Waals surface area contributed by atoms with E-state index in [2.05, 4.69) is 40.4 Å². The molecule has 0 bridgehead atoms. The number of aromatic nitrogens is 5. The molecule has 3 aromatic heterocycles. The van der Waals surface area contributed by atoms with Gasteiger partial charge in [0.2, 0.25) is 11.8 Å². The number of methoxy groups -OCH3 is 1. The highest BCUT2D eigenvalue weighted by molar-refractivity contribution is 6.05. The van der Waals surface area contributed by atoms with Crippen LogP contribution in [0.1, 0.15) is 105 Å². The minimum Gasteiger partial charge on any atom is -0.494 e. The first-order chi connectivity index (χ1) is 27.6. The number of nitrogens with zero attached hydrogens (tertiary/aromatic N) is 6. The second-order valence-electron chi connectivity index (χ2n) is 16.6. The van der Waals surface area contributed by atoms with E-state index in [0.29, 0.717) is 29.3 Å². The van der Waals surface area contributed by atoms with Crippen molar-refractivity contribution in [1.82, 2.24) is 34.1 Å². The maximum atomic E-state index is 13.6. The predicted octanol–water partition coefficient (Wildman–Crippen LogP) is 6.73. The van der Waals surface area contributed by atoms with Crippen LogP contribution in [0.5, 0.6) is 5.75 Å². The summed E-state index contributed by atoms with van der Waals surface area (Å²) in [5.41, 5.74) is 1.83. The van der Waals surface area contributed by atoms with E-state index in [0.717, 1.165) is 85.7 Å². The van der Waals surface area contributed by atoms with E-state index in [4.69, 9.17) is 9.84 Å². The van der Waals surface area contributed by atoms with Crippen LogP contribution in [0.25, 0.3) is 21.9 Å². The minimum absolute atomic E-state index is 0.0872. The molecule has 0 spiro atoms. The molecule has 5 heterocycles. The Hall–Kier alpha value is -5.51. The average molecular weight is 801 g/mol. The Labute approximate surface area is 332 Å². The molecule has 2 N–H and O–H groups in total. The highest BCUT2D eigenvalue weighted by Crippen LogP contribution is 2.42. The molecule has 5 aromatic rings. The maximum absolute atomic E-state index is 13.6. The van der Waals surface area contributed by atoms with Gasteiger partial charge in [-0.2, -0.15) is 18.3 Å². The van der Waals surface area contributed by atoms with Gasteiger partial charge < -0.3 is 10.1 Å². The third-order valence-corrected chi connectivity index (χ3v) is 12.5. The predicted molar refractivity (Wildman–Crippen MR) is 211 cm³/mol. The van der Waals surface area contributed by atoms with E-state index < -0.39 is 29.7 Å². The number of imidazole rings is 1. The zero-order valence-electron chi connectivity index (χ0n) is 32.9. The van der Waals surface area contributed by atoms with Gasteiger partial charge in [-0.3, -0.25) is 38.4 Å². The normalized spacial score (nSPS) is 22.9. The number of para-hydroxylation sites is 1. The van der Waals surface area contributed by atoms with Crippen LogP contribution in [0.3, 0.4) is 0 Å². The number of carbonyl (C=O) groups excluding carboxylic acids is 3. The van der Waals surface area contributed by atoms with Crippen LogP contribution >= 0.6 is 0 Å². The lowest BCUT2D eigenvalue weighted by Gasteiger charge is -2.48. The first-order valence-electron chi connectivity index (χ1n) is 19.8. The van der Waals surface area contributed by atoms with E-state index in [9.17, 15) is 32.3 Å². The van der Waals surface area contributed by atoms with Crippen molar-refractivity contribution in [2.45, 2.75) is 94.9 Å². The second-order valence-corrected chi connectivity index (χ2v) is 16.6. The number of ether oxygens (including phenoxy) is 1. The summed E-state index contributed by atoms with van der Waals surface area (Å²) in [6, 6.07) is 12.1. The van der Waals surface area contributed by atoms with Gasteiger partial charge in [0.25, 0.3) is 5.91 Å². The van der Waals surface area contributed by atoms with Gasteiger partial charge >= 0.3 is 11.9 Å². The van der Waals surface area contributed by atoms with Crippen LogP contribution < -0.4 is 21.1 Å². The number of anilines is 1. The summed E-state index contributed by atoms with van der Waals surface area (Å²) >= 11 is 0. The van der Waals surface area contributed by atoms with Crippen molar-refractivity contribution in [3.63, 3.8) is 0 Å². The van der Waals surface area contributed by atoms with Gasteiger partial charge in [-0.25, -0.2) is 9.78 Å². The molecule has 2 aromatic carbocycles. The van der Waals surface area contributed by atoms with Crippen LogP contribution in [-0.4, -0.2) is 72.3 Å². The first kappa shape index (κ1) is 39.3. The second kappa shape index (κ2) is 15.0. The van der Waals surface area contributed by atoms with E-state index in [1.54, 1.807) is 28.3 Å². The zero-order chi connectivity index (χ0) is 41.1. The number of amides is 3. The number of likely N-dealkylation sites (tertiary alicyclic amines) is 1. The average Bonchev–Trinajstić information content (AvgIpc) is 3.72. The minimum atomic E-state index is -4.67. The number of rotatable bonds is 8. The molecule has 306 valence electrons. The number of piperidine rings is 2. The topological polar surface area (TPSA) is 145 Å². The number of fused-ring (bicyclic) bond motifs is 2. The molecular formula is C42H47F3N8O5. The van der Waals surface area contributed by atoms with Crippen LogP contribution in [0.2, 0.25) is 0 Å². The van der Waals surface area contributed by atoms with Crippen LogP contribution in [0, 0.1) is 5.92 Å². The Morgan fingerprint density at radius 2 is 1.78 bits per heavy atom. The van der Waals surface area contributed by atoms with Crippen LogP contribution in [-0.2, 0) is 22.8 Å². The molecule has 3 amide bonds. The van der Waals surface area contributed by atoms with E-state index >= 15 is 0 Å². The van der Waals surface area contributed by atoms with Gasteiger partial charge in [0.1, 0.15) is 23.2 Å². The van der Waals surface area contributed by atoms with Gasteiger partial charge in [0.15, 0.2) is 0 Å². The largest absolute Gasteiger partial charge is 0.494 e. The summed E-state index contributed by atoms with van der Waals surface area (Å²) in [6.07, 6.45) is 3.63. The van der Waals surface area contributed by atoms with E-state index in [-0.39, 0.29) is 41.2 Å². The SMILES string of the molecule is COc1cc2nn([C@H]3CC[C@H](CN4CCC(c5cccc6c5n(C)c(=O)n6C5CCC(=O)NC5=O)CC4(C)C)CC3)cc2cc1NC(=O)c1cccc(C(F)(F)F)n1. The van der Waals surface area contributed by atoms with Gasteiger partial charge in [-0.05, 0) is 107 Å². The molecule has 2 saturated heterocycles. The highest BCUT2D eigenvalue weighted by Gasteiger charge is 2.39. The monoisotopic (exact) mass is 800 g/mol. The van der Waals surface area contributed by atoms with Crippen molar-refractivity contribution < 1.29 is 32.3 Å². The number of benzene rings is 2. The molecular weight excluding hydrogens is 754 g/mol. The third-order valence-electron chi connectivity index (χ3n) is 12.5. The summed E-state index contributed by atoms with van der Waals surface area (Å²) < 4.78 is 50.3. The highest BCUT2D eigenvalue weighted by atomic mass is 19.4. The first-order valence-corrected chi connectivity index (χ1v) is 19.8. The van der Waals surface area contributed by atoms with E-state index in [1.807, 2.05) is 23.0 Å². The molecule has 2 aliphatic heterocycles. The molecule has 2 atom stereocenters. The summed E-state index contributed by atoms with van der Waals surface area (Å²) in [7, 11) is 3.22. The molecule has 1 aliphatic carbocycles. The number of halogens is 3. The van der Waals surface area contributed by atoms with Crippen LogP contribution in [0.4, 0.5) is 18.9 Å². The zero-order valence-corrected chi connectivity index (χ0v) is 32.9. The fourth-order valence-electron chi connectivity index (χ4n) is 9.41. The summed E-state index contributed by atoms with van der Waals surface area (Å²) in [5.74, 6) is -0.447. The number of aryl methyl sites for hydroxylation is 1. The molecule has 0 radical (unpaired) electrons. The number of pyridine rings is 1. The summed E-state index contributed by atoms with van der Waals surface area (Å²) in [4.78, 5) is 57.2. The molecule has 8 rings (SSSR count). The van der Waals surface area contributed by atoms with Crippen molar-refractivity contribution in [2.24, 2.45) is 13.0 Å². The van der Waals surface area contributed by atoms with Crippen molar-refractivity contribution in [3.05, 3.63) is 82.2 Å². The molecule has 2 unspecified atom stereocenters. The number of hydrogen-bond donors (Lipinski definition) is 2. The lowest BCUT2D eigenvalue weighted by molar-refractivity contribution is -0.141. The van der Waals surface area contributed by atoms with Crippen molar-refractivity contribution in [3.8, 4) is 5.75 Å². The molecule has 13 nitrogen and oxygen atoms in total. The van der Waals surface area contributed by atoms with Crippen molar-refractivity contribution in [1.29, 1.82) is 0 Å². The number of hydrogen-bond acceptors (Lipinski definition) is 8. The van der Waals surface area contributed by atoms with Crippen molar-refractivity contribution in [2.75, 3.05) is 25.5 Å². The van der Waals surface area contributed by atoms with Crippen molar-refractivity contribution >= 4 is 45.3 Å². The molecule has 3 fully saturated rings. The summed E-state index contributed by atoms with van der Waals surface area (Å²) in [6.45, 7) is 6.51. The Morgan fingerprint density at radius 3 is 2.48 bits per heavy atom. The maximum Gasteiger partial charge on any atom is 0.433 e. The lowest BCUT2D eigenvalue weighted by Crippen LogP contribution is -2.51. The van der Waals surface area contributed by atoms with Gasteiger partial charge in [0.05, 0.1) is 35.4 Å². The third kappa shape index (κ3) is 7.38. The molecule has 16 heteroatoms. The fourth-order valence-corrected chi connectivity index (χ4v) is 9.41.